The summed E-state index contributed by atoms with van der Waals surface area (Å²) in [6.45, 7) is 4.75. The maximum atomic E-state index is 12.1. The Kier molecular flexibility index (Phi) is 29.4. The van der Waals surface area contributed by atoms with Crippen molar-refractivity contribution in [2.45, 2.75) is 97.0 Å². The minimum atomic E-state index is -4.51. The predicted octanol–water partition coefficient (Wildman–Crippen LogP) is 8.74. The molecule has 0 aromatic rings. The van der Waals surface area contributed by atoms with Gasteiger partial charge in [0.2, 0.25) is 0 Å². The van der Waals surface area contributed by atoms with Crippen LogP contribution in [0.2, 0.25) is 0 Å². The van der Waals surface area contributed by atoms with E-state index in [4.69, 9.17) is 18.5 Å². The zero-order chi connectivity index (χ0) is 34.9. The molecule has 0 aliphatic carbocycles. The monoisotopic (exact) mass is 677 g/mol. The molecular formula is C38H64NO7P. The number of hydrogen-bond acceptors (Lipinski definition) is 7. The van der Waals surface area contributed by atoms with Gasteiger partial charge < -0.3 is 27.9 Å². The highest BCUT2D eigenvalue weighted by atomic mass is 31.2. The molecule has 0 radical (unpaired) electrons. The molecule has 9 heteroatoms. The Balaban J connectivity index is 4.02. The molecule has 0 amide bonds. The van der Waals surface area contributed by atoms with Gasteiger partial charge in [0.15, 0.2) is 0 Å². The lowest BCUT2D eigenvalue weighted by atomic mass is 10.2. The molecule has 0 aliphatic heterocycles. The normalized spacial score (nSPS) is 15.1. The number of nitrogens with zero attached hydrogens (tertiary/aromatic N) is 1. The Morgan fingerprint density at radius 2 is 1.17 bits per heavy atom. The number of allylic oxidation sites excluding steroid dienone is 14. The summed E-state index contributed by atoms with van der Waals surface area (Å²) in [7, 11) is 1.30. The van der Waals surface area contributed by atoms with Crippen molar-refractivity contribution in [2.24, 2.45) is 0 Å². The molecule has 0 aromatic carbocycles. The molecule has 0 saturated heterocycles. The van der Waals surface area contributed by atoms with Crippen LogP contribution in [-0.2, 0) is 27.9 Å². The first-order valence-electron chi connectivity index (χ1n) is 17.3. The maximum absolute atomic E-state index is 12.1. The fourth-order valence-electron chi connectivity index (χ4n) is 3.79. The van der Waals surface area contributed by atoms with E-state index in [9.17, 15) is 14.3 Å². The van der Waals surface area contributed by atoms with E-state index in [2.05, 4.69) is 92.0 Å². The molecule has 0 N–H and O–H groups in total. The molecule has 268 valence electrons. The molecule has 0 bridgehead atoms. The fraction of sp³-hybridized carbons (Fsp3) is 0.605. The summed E-state index contributed by atoms with van der Waals surface area (Å²) in [4.78, 5) is 24.1. The van der Waals surface area contributed by atoms with Gasteiger partial charge in [0.1, 0.15) is 19.3 Å². The maximum Gasteiger partial charge on any atom is 0.306 e. The van der Waals surface area contributed by atoms with Crippen LogP contribution in [0.3, 0.4) is 0 Å². The van der Waals surface area contributed by atoms with E-state index in [1.54, 1.807) is 0 Å². The van der Waals surface area contributed by atoms with Gasteiger partial charge in [-0.15, -0.1) is 0 Å². The van der Waals surface area contributed by atoms with Crippen LogP contribution in [-0.4, -0.2) is 70.7 Å². The van der Waals surface area contributed by atoms with Crippen LogP contribution in [0.15, 0.2) is 85.1 Å². The topological polar surface area (TPSA) is 94.1 Å². The number of esters is 1. The Morgan fingerprint density at radius 3 is 1.64 bits per heavy atom. The van der Waals surface area contributed by atoms with Crippen LogP contribution in [0, 0.1) is 0 Å². The van der Waals surface area contributed by atoms with Crippen molar-refractivity contribution >= 4 is 13.8 Å². The SMILES string of the molecule is CC/C=C\C/C=C\C/C=C\C/C=C\C/C=C\C/C=C\C/C=C\CCCCOCC(COP(=O)([O-])OCC[N+](C)(C)C)OC(=O)CCC. The van der Waals surface area contributed by atoms with Crippen LogP contribution < -0.4 is 4.89 Å². The first kappa shape index (κ1) is 44.7. The molecule has 2 atom stereocenters. The van der Waals surface area contributed by atoms with Gasteiger partial charge in [-0.3, -0.25) is 9.36 Å². The van der Waals surface area contributed by atoms with Gasteiger partial charge in [-0.25, -0.2) is 0 Å². The summed E-state index contributed by atoms with van der Waals surface area (Å²) in [6.07, 6.45) is 40.5. The number of likely N-dealkylation sites (N-methyl/N-ethyl adjacent to an activating group) is 1. The molecule has 2 unspecified atom stereocenters. The highest BCUT2D eigenvalue weighted by molar-refractivity contribution is 7.45. The number of phosphoric acid groups is 1. The fourth-order valence-corrected chi connectivity index (χ4v) is 4.52. The van der Waals surface area contributed by atoms with Gasteiger partial charge in [-0.05, 0) is 70.6 Å². The predicted molar refractivity (Wildman–Crippen MR) is 194 cm³/mol. The minimum Gasteiger partial charge on any atom is -0.756 e. The number of carbonyl (C=O) groups is 1. The quantitative estimate of drug-likeness (QED) is 0.0247. The molecular weight excluding hydrogens is 613 g/mol. The number of unbranched alkanes of at least 4 members (excludes halogenated alkanes) is 2. The summed E-state index contributed by atoms with van der Waals surface area (Å²) in [5.74, 6) is -0.409. The number of rotatable bonds is 30. The van der Waals surface area contributed by atoms with E-state index >= 15 is 0 Å². The molecule has 47 heavy (non-hydrogen) atoms. The summed E-state index contributed by atoms with van der Waals surface area (Å²) >= 11 is 0. The number of hydrogen-bond donors (Lipinski definition) is 0. The molecule has 0 aliphatic rings. The second-order valence-corrected chi connectivity index (χ2v) is 13.6. The first-order chi connectivity index (χ1) is 22.6. The minimum absolute atomic E-state index is 0.0108. The summed E-state index contributed by atoms with van der Waals surface area (Å²) < 4.78 is 33.6. The number of carbonyl (C=O) groups excluding carboxylic acids is 1. The molecule has 0 heterocycles. The van der Waals surface area contributed by atoms with E-state index in [0.717, 1.165) is 64.2 Å². The van der Waals surface area contributed by atoms with Crippen LogP contribution in [0.1, 0.15) is 90.9 Å². The summed E-state index contributed by atoms with van der Waals surface area (Å²) in [6, 6.07) is 0. The second kappa shape index (κ2) is 31.0. The van der Waals surface area contributed by atoms with Gasteiger partial charge in [-0.2, -0.15) is 0 Å². The van der Waals surface area contributed by atoms with E-state index in [1.807, 2.05) is 28.1 Å². The van der Waals surface area contributed by atoms with Crippen LogP contribution in [0.25, 0.3) is 0 Å². The third kappa shape index (κ3) is 34.8. The van der Waals surface area contributed by atoms with E-state index in [0.29, 0.717) is 24.1 Å². The average molecular weight is 678 g/mol. The molecule has 0 fully saturated rings. The Labute approximate surface area is 286 Å². The van der Waals surface area contributed by atoms with Gasteiger partial charge in [-0.1, -0.05) is 98.9 Å². The second-order valence-electron chi connectivity index (χ2n) is 12.1. The smallest absolute Gasteiger partial charge is 0.306 e. The Bertz CT molecular complexity index is 1020. The van der Waals surface area contributed by atoms with E-state index in [-0.39, 0.29) is 26.2 Å². The third-order valence-corrected chi connectivity index (χ3v) is 7.39. The Morgan fingerprint density at radius 1 is 0.681 bits per heavy atom. The number of phosphoric ester groups is 1. The van der Waals surface area contributed by atoms with Crippen molar-refractivity contribution in [3.8, 4) is 0 Å². The van der Waals surface area contributed by atoms with Crippen molar-refractivity contribution in [1.29, 1.82) is 0 Å². The third-order valence-electron chi connectivity index (χ3n) is 6.43. The van der Waals surface area contributed by atoms with E-state index < -0.39 is 19.9 Å². The summed E-state index contributed by atoms with van der Waals surface area (Å²) in [5.41, 5.74) is 0. The van der Waals surface area contributed by atoms with Crippen molar-refractivity contribution in [1.82, 2.24) is 0 Å². The average Bonchev–Trinajstić information content (AvgIpc) is 3.00. The molecule has 8 nitrogen and oxygen atoms in total. The van der Waals surface area contributed by atoms with Gasteiger partial charge in [0.25, 0.3) is 7.82 Å². The highest BCUT2D eigenvalue weighted by Gasteiger charge is 2.20. The molecule has 0 aromatic heterocycles. The lowest BCUT2D eigenvalue weighted by Crippen LogP contribution is -2.37. The van der Waals surface area contributed by atoms with Crippen LogP contribution in [0.5, 0.6) is 0 Å². The van der Waals surface area contributed by atoms with Crippen molar-refractivity contribution in [3.63, 3.8) is 0 Å². The molecule has 0 saturated carbocycles. The highest BCUT2D eigenvalue weighted by Crippen LogP contribution is 2.38. The van der Waals surface area contributed by atoms with Crippen molar-refractivity contribution in [3.05, 3.63) is 85.1 Å². The van der Waals surface area contributed by atoms with E-state index in [1.165, 1.54) is 0 Å². The number of quaternary nitrogens is 1. The standard InChI is InChI=1S/C38H64NO7P/c1-6-8-9-10-11-12-13-14-15-16-17-18-19-20-21-22-23-24-25-26-27-28-29-30-33-43-35-37(46-38(40)31-7-2)36-45-47(41,42)44-34-32-39(3,4)5/h8-9,11-12,14-15,17-18,20-21,23-24,26-27,37H,6-7,10,13,16,19,22,25,28-36H2,1-5H3/b9-8-,12-11-,15-14-,18-17-,21-20-,24-23-,27-26-. The molecule has 0 spiro atoms. The lowest BCUT2D eigenvalue weighted by Gasteiger charge is -2.28. The Hall–Kier alpha value is -2.32. The van der Waals surface area contributed by atoms with Crippen LogP contribution in [0.4, 0.5) is 0 Å². The van der Waals surface area contributed by atoms with Crippen molar-refractivity contribution in [2.75, 3.05) is 54.1 Å². The zero-order valence-electron chi connectivity index (χ0n) is 29.9. The summed E-state index contributed by atoms with van der Waals surface area (Å²) in [5, 5.41) is 0. The largest absolute Gasteiger partial charge is 0.756 e. The zero-order valence-corrected chi connectivity index (χ0v) is 30.8. The van der Waals surface area contributed by atoms with Gasteiger partial charge in [0, 0.05) is 13.0 Å². The van der Waals surface area contributed by atoms with Crippen LogP contribution >= 0.6 is 7.82 Å². The lowest BCUT2D eigenvalue weighted by molar-refractivity contribution is -0.870. The number of ether oxygens (including phenoxy) is 2. The first-order valence-corrected chi connectivity index (χ1v) is 18.8. The molecule has 0 rings (SSSR count). The van der Waals surface area contributed by atoms with Crippen molar-refractivity contribution < 1.29 is 37.3 Å². The van der Waals surface area contributed by atoms with Gasteiger partial charge >= 0.3 is 5.97 Å². The van der Waals surface area contributed by atoms with Gasteiger partial charge in [0.05, 0.1) is 34.4 Å².